The number of aliphatic hydroxyl groups is 1. The molecule has 0 aliphatic rings. The molecule has 0 heterocycles. The zero-order valence-electron chi connectivity index (χ0n) is 70.3. The fraction of sp³-hybridized carbons (Fsp3) is 0.955. The molecule has 3 N–H and O–H groups in total. The van der Waals surface area contributed by atoms with Gasteiger partial charge in [0.15, 0.2) is 12.2 Å². The van der Waals surface area contributed by atoms with E-state index in [1.165, 1.54) is 302 Å². The van der Waals surface area contributed by atoms with E-state index in [0.717, 1.165) is 95.8 Å². The number of esters is 4. The molecule has 19 heteroatoms. The Bertz CT molecular complexity index is 2030. The summed E-state index contributed by atoms with van der Waals surface area (Å²) in [5.74, 6) is -1.25. The summed E-state index contributed by atoms with van der Waals surface area (Å²) in [6.45, 7) is 7.43. The highest BCUT2D eigenvalue weighted by atomic mass is 31.2. The van der Waals surface area contributed by atoms with Gasteiger partial charge in [0.1, 0.15) is 19.3 Å². The molecular weight excluding hydrogens is 1390 g/mol. The predicted octanol–water partition coefficient (Wildman–Crippen LogP) is 27.2. The maximum atomic E-state index is 13.2. The molecule has 0 saturated heterocycles. The van der Waals surface area contributed by atoms with Crippen LogP contribution in [0, 0.1) is 5.92 Å². The molecule has 0 aliphatic carbocycles. The van der Waals surface area contributed by atoms with Gasteiger partial charge in [-0.1, -0.05) is 426 Å². The number of phosphoric ester groups is 2. The summed E-state index contributed by atoms with van der Waals surface area (Å²) in [5, 5.41) is 10.7. The second kappa shape index (κ2) is 80.7. The Morgan fingerprint density at radius 3 is 0.664 bits per heavy atom. The van der Waals surface area contributed by atoms with Gasteiger partial charge in [-0.05, 0) is 31.6 Å². The number of rotatable bonds is 88. The van der Waals surface area contributed by atoms with Gasteiger partial charge in [0.05, 0.1) is 26.4 Å². The maximum Gasteiger partial charge on any atom is 0.472 e. The number of unbranched alkanes of at least 4 members (excludes halogenated alkanes) is 59. The molecule has 0 bridgehead atoms. The summed E-state index contributed by atoms with van der Waals surface area (Å²) in [7, 11) is -9.93. The molecule has 0 aromatic rings. The van der Waals surface area contributed by atoms with E-state index >= 15 is 0 Å². The van der Waals surface area contributed by atoms with Crippen molar-refractivity contribution in [2.24, 2.45) is 5.92 Å². The molecule has 3 unspecified atom stereocenters. The summed E-state index contributed by atoms with van der Waals surface area (Å²) in [4.78, 5) is 73.3. The molecule has 0 aromatic carbocycles. The van der Waals surface area contributed by atoms with Crippen LogP contribution in [0.4, 0.5) is 0 Å². The van der Waals surface area contributed by atoms with Gasteiger partial charge in [-0.15, -0.1) is 0 Å². The van der Waals surface area contributed by atoms with Crippen molar-refractivity contribution in [3.8, 4) is 0 Å². The van der Waals surface area contributed by atoms with Crippen molar-refractivity contribution in [2.45, 2.75) is 496 Å². The lowest BCUT2D eigenvalue weighted by Gasteiger charge is -2.21. The third-order valence-corrected chi connectivity index (χ3v) is 23.0. The van der Waals surface area contributed by atoms with E-state index in [2.05, 4.69) is 34.6 Å². The quantitative estimate of drug-likeness (QED) is 0.0222. The first-order chi connectivity index (χ1) is 52.1. The minimum Gasteiger partial charge on any atom is -0.462 e. The molecule has 0 aromatic heterocycles. The smallest absolute Gasteiger partial charge is 0.462 e. The second-order valence-electron chi connectivity index (χ2n) is 31.9. The summed E-state index contributed by atoms with van der Waals surface area (Å²) < 4.78 is 69.0. The van der Waals surface area contributed by atoms with Gasteiger partial charge in [0.25, 0.3) is 0 Å². The van der Waals surface area contributed by atoms with Crippen molar-refractivity contribution in [3.63, 3.8) is 0 Å². The van der Waals surface area contributed by atoms with Gasteiger partial charge in [0, 0.05) is 25.7 Å². The third-order valence-electron chi connectivity index (χ3n) is 21.1. The normalized spacial score (nSPS) is 14.0. The van der Waals surface area contributed by atoms with E-state index in [4.69, 9.17) is 37.0 Å². The predicted molar refractivity (Wildman–Crippen MR) is 442 cm³/mol. The first-order valence-electron chi connectivity index (χ1n) is 45.7. The Balaban J connectivity index is 5.22. The fourth-order valence-corrected chi connectivity index (χ4v) is 15.4. The van der Waals surface area contributed by atoms with Gasteiger partial charge in [-0.3, -0.25) is 37.3 Å². The molecular formula is C88H172O17P2. The van der Waals surface area contributed by atoms with E-state index in [0.29, 0.717) is 25.7 Å². The molecule has 0 spiro atoms. The minimum absolute atomic E-state index is 0.109. The van der Waals surface area contributed by atoms with Gasteiger partial charge >= 0.3 is 39.5 Å². The van der Waals surface area contributed by atoms with Crippen LogP contribution in [0.15, 0.2) is 0 Å². The lowest BCUT2D eigenvalue weighted by Crippen LogP contribution is -2.30. The van der Waals surface area contributed by atoms with Crippen LogP contribution >= 0.6 is 15.6 Å². The van der Waals surface area contributed by atoms with Crippen molar-refractivity contribution in [3.05, 3.63) is 0 Å². The number of hydrogen-bond acceptors (Lipinski definition) is 15. The second-order valence-corrected chi connectivity index (χ2v) is 34.8. The van der Waals surface area contributed by atoms with E-state index in [1.807, 2.05) is 0 Å². The lowest BCUT2D eigenvalue weighted by molar-refractivity contribution is -0.161. The highest BCUT2D eigenvalue weighted by Crippen LogP contribution is 2.45. The summed E-state index contributed by atoms with van der Waals surface area (Å²) >= 11 is 0. The van der Waals surface area contributed by atoms with Gasteiger partial charge in [-0.25, -0.2) is 9.13 Å². The van der Waals surface area contributed by atoms with E-state index in [-0.39, 0.29) is 25.7 Å². The highest BCUT2D eigenvalue weighted by molar-refractivity contribution is 7.47. The average Bonchev–Trinajstić information content (AvgIpc) is 0.906. The van der Waals surface area contributed by atoms with Crippen LogP contribution in [0.5, 0.6) is 0 Å². The number of aliphatic hydroxyl groups excluding tert-OH is 1. The highest BCUT2D eigenvalue weighted by Gasteiger charge is 2.30. The summed E-state index contributed by atoms with van der Waals surface area (Å²) in [6, 6.07) is 0. The third kappa shape index (κ3) is 80.5. The molecule has 6 atom stereocenters. The molecule has 107 heavy (non-hydrogen) atoms. The van der Waals surface area contributed by atoms with Crippen LogP contribution in [-0.2, 0) is 65.4 Å². The molecule has 0 fully saturated rings. The van der Waals surface area contributed by atoms with Crippen LogP contribution in [0.1, 0.15) is 478 Å². The van der Waals surface area contributed by atoms with Crippen molar-refractivity contribution in [1.29, 1.82) is 0 Å². The number of carbonyl (C=O) groups is 4. The van der Waals surface area contributed by atoms with Crippen LogP contribution in [-0.4, -0.2) is 96.7 Å². The largest absolute Gasteiger partial charge is 0.472 e. The molecule has 0 saturated carbocycles. The van der Waals surface area contributed by atoms with Crippen LogP contribution in [0.3, 0.4) is 0 Å². The van der Waals surface area contributed by atoms with Crippen LogP contribution in [0.25, 0.3) is 0 Å². The SMILES string of the molecule is CCCCCCCCCCCCCCCCCCCCCCCC(=O)O[C@H](COC(=O)CCCCCCCCCCCCCCCCC(C)CC)COP(=O)(O)OC[C@@H](O)COP(=O)(O)OC[C@@H](COC(=O)CCCCCCCCCCCC)OC(=O)CCCCCCCCCCCCCCCCCCCC. The molecule has 0 amide bonds. The Kier molecular flexibility index (Phi) is 79.2. The van der Waals surface area contributed by atoms with Gasteiger partial charge in [0.2, 0.25) is 0 Å². The van der Waals surface area contributed by atoms with Crippen LogP contribution in [0.2, 0.25) is 0 Å². The first kappa shape index (κ1) is 105. The lowest BCUT2D eigenvalue weighted by atomic mass is 9.99. The number of carbonyl (C=O) groups excluding carboxylic acids is 4. The van der Waals surface area contributed by atoms with Crippen molar-refractivity contribution >= 4 is 39.5 Å². The molecule has 636 valence electrons. The standard InChI is InChI=1S/C88H172O17P2/c1-6-10-13-16-19-22-25-27-29-31-33-34-35-37-39-45-49-54-59-64-69-74-88(93)105-84(78-99-86(91)72-67-62-57-52-47-43-41-40-42-46-50-55-60-65-70-81(5)9-4)80-103-107(96,97)101-76-82(89)75-100-106(94,95)102-79-83(77-98-85(90)71-66-61-56-51-24-21-18-15-12-8-3)104-87(92)73-68-63-58-53-48-44-38-36-32-30-28-26-23-20-17-14-11-7-2/h81-84,89H,6-80H2,1-5H3,(H,94,95)(H,96,97)/t81?,82-,83+,84+/m0/s1. The Morgan fingerprint density at radius 2 is 0.449 bits per heavy atom. The minimum atomic E-state index is -4.97. The van der Waals surface area contributed by atoms with Crippen molar-refractivity contribution < 1.29 is 80.2 Å². The van der Waals surface area contributed by atoms with E-state index in [1.54, 1.807) is 0 Å². The number of hydrogen-bond donors (Lipinski definition) is 3. The summed E-state index contributed by atoms with van der Waals surface area (Å²) in [5.41, 5.74) is 0. The Labute approximate surface area is 658 Å². The van der Waals surface area contributed by atoms with E-state index in [9.17, 15) is 43.2 Å². The van der Waals surface area contributed by atoms with Crippen molar-refractivity contribution in [2.75, 3.05) is 39.6 Å². The van der Waals surface area contributed by atoms with E-state index < -0.39 is 97.5 Å². The average molecular weight is 1560 g/mol. The molecule has 0 rings (SSSR count). The molecule has 17 nitrogen and oxygen atoms in total. The number of ether oxygens (including phenoxy) is 4. The van der Waals surface area contributed by atoms with Gasteiger partial charge in [-0.2, -0.15) is 0 Å². The van der Waals surface area contributed by atoms with Gasteiger partial charge < -0.3 is 33.8 Å². The number of phosphoric acid groups is 2. The Hall–Kier alpha value is -1.94. The topological polar surface area (TPSA) is 237 Å². The monoisotopic (exact) mass is 1560 g/mol. The fourth-order valence-electron chi connectivity index (χ4n) is 13.8. The van der Waals surface area contributed by atoms with Crippen LogP contribution < -0.4 is 0 Å². The Morgan fingerprint density at radius 1 is 0.262 bits per heavy atom. The zero-order valence-corrected chi connectivity index (χ0v) is 72.1. The summed E-state index contributed by atoms with van der Waals surface area (Å²) in [6.07, 6.45) is 75.0. The first-order valence-corrected chi connectivity index (χ1v) is 48.7. The maximum absolute atomic E-state index is 13.2. The zero-order chi connectivity index (χ0) is 78.3. The molecule has 0 radical (unpaired) electrons. The van der Waals surface area contributed by atoms with Crippen molar-refractivity contribution in [1.82, 2.24) is 0 Å². The molecule has 0 aliphatic heterocycles.